The fraction of sp³-hybridized carbons (Fsp3) is 0.925. The number of aliphatic hydroxyl groups excluding tert-OH is 1. The summed E-state index contributed by atoms with van der Waals surface area (Å²) in [4.78, 5) is 14.8. The van der Waals surface area contributed by atoms with Crippen LogP contribution in [0, 0.1) is 11.8 Å². The Morgan fingerprint density at radius 3 is 1.70 bits per heavy atom. The second kappa shape index (κ2) is 21.8. The van der Waals surface area contributed by atoms with Crippen LogP contribution in [0.4, 0.5) is 4.79 Å². The molecule has 50 heavy (non-hydrogen) atoms. The molecule has 1 fully saturated rings. The topological polar surface area (TPSA) is 86.7 Å². The fourth-order valence-corrected chi connectivity index (χ4v) is 20.2. The number of hydrogen-bond donors (Lipinski definition) is 1. The normalized spacial score (nSPS) is 19.2. The van der Waals surface area contributed by atoms with Gasteiger partial charge in [0.2, 0.25) is 8.32 Å². The van der Waals surface area contributed by atoms with Crippen molar-refractivity contribution in [1.29, 1.82) is 0 Å². The maximum Gasteiger partial charge on any atom is 0.415 e. The van der Waals surface area contributed by atoms with Crippen LogP contribution in [0.15, 0.2) is 12.3 Å². The predicted molar refractivity (Wildman–Crippen MR) is 213 cm³/mol. The molecule has 0 aromatic rings. The summed E-state index contributed by atoms with van der Waals surface area (Å²) in [5.41, 5.74) is 2.48. The number of nitrogens with zero attached hydrogens (tertiary/aromatic N) is 1. The summed E-state index contributed by atoms with van der Waals surface area (Å²) in [5.74, 6) is -0.593. The van der Waals surface area contributed by atoms with E-state index in [0.717, 1.165) is 19.3 Å². The lowest BCUT2D eigenvalue weighted by Gasteiger charge is -2.48. The molecule has 0 aromatic heterocycles. The van der Waals surface area contributed by atoms with E-state index in [1.54, 1.807) is 4.90 Å². The molecule has 10 heteroatoms. The van der Waals surface area contributed by atoms with E-state index in [-0.39, 0.29) is 36.3 Å². The van der Waals surface area contributed by atoms with Crippen molar-refractivity contribution in [3.63, 3.8) is 0 Å². The summed E-state index contributed by atoms with van der Waals surface area (Å²) in [5, 5.41) is 12.3. The third kappa shape index (κ3) is 12.4. The fourth-order valence-electron chi connectivity index (χ4n) is 9.14. The first-order valence-corrected chi connectivity index (χ1v) is 24.3. The van der Waals surface area contributed by atoms with Crippen molar-refractivity contribution in [2.24, 2.45) is 11.8 Å². The first-order chi connectivity index (χ1) is 23.2. The van der Waals surface area contributed by atoms with Gasteiger partial charge in [-0.15, -0.1) is 0 Å². The van der Waals surface area contributed by atoms with Gasteiger partial charge in [-0.2, -0.15) is 0 Å². The van der Waals surface area contributed by atoms with Gasteiger partial charge >= 0.3 is 6.09 Å². The second-order valence-corrected chi connectivity index (χ2v) is 28.2. The first-order valence-electron chi connectivity index (χ1n) is 20.1. The molecule has 1 saturated heterocycles. The lowest BCUT2D eigenvalue weighted by atomic mass is 9.86. The summed E-state index contributed by atoms with van der Waals surface area (Å²) >= 11 is 0. The number of aliphatic hydroxyl groups is 1. The Labute approximate surface area is 311 Å². The van der Waals surface area contributed by atoms with Crippen molar-refractivity contribution in [2.45, 2.75) is 207 Å². The Hall–Kier alpha value is -0.756. The minimum atomic E-state index is -2.34. The molecule has 296 valence electrons. The minimum Gasteiger partial charge on any atom is -0.418 e. The van der Waals surface area contributed by atoms with Gasteiger partial charge in [0, 0.05) is 30.5 Å². The molecule has 0 aromatic carbocycles. The molecule has 0 spiro atoms. The lowest BCUT2D eigenvalue weighted by Crippen LogP contribution is -2.56. The monoisotopic (exact) mass is 744 g/mol. The van der Waals surface area contributed by atoms with Gasteiger partial charge in [0.25, 0.3) is 0 Å². The Balaban J connectivity index is 3.57. The SMILES string of the molecule is CC(C)N(C(=O)O/C=C\[C@@H](CCOC1CCCCO1)[C@@H](O)[C@@H](C)[C@@H](CO[Si](C(C)C)(C(C)C)C(C)C)O[Si](C(C)C)(C(C)C)C(C)C)C(C)C. The Bertz CT molecular complexity index is 927. The van der Waals surface area contributed by atoms with Gasteiger partial charge in [-0.05, 0) is 92.7 Å². The van der Waals surface area contributed by atoms with Gasteiger partial charge in [0.15, 0.2) is 14.6 Å². The van der Waals surface area contributed by atoms with E-state index in [4.69, 9.17) is 23.1 Å². The highest BCUT2D eigenvalue weighted by Crippen LogP contribution is 2.46. The quantitative estimate of drug-likeness (QED) is 0.0872. The number of hydrogen-bond acceptors (Lipinski definition) is 7. The summed E-state index contributed by atoms with van der Waals surface area (Å²) in [6.45, 7) is 39.4. The van der Waals surface area contributed by atoms with Crippen LogP contribution in [-0.4, -0.2) is 83.1 Å². The summed E-state index contributed by atoms with van der Waals surface area (Å²) in [6.07, 6.45) is 5.19. The predicted octanol–water partition coefficient (Wildman–Crippen LogP) is 11.1. The minimum absolute atomic E-state index is 0.00426. The van der Waals surface area contributed by atoms with Crippen LogP contribution >= 0.6 is 0 Å². The van der Waals surface area contributed by atoms with Crippen molar-refractivity contribution >= 4 is 22.7 Å². The number of carbonyl (C=O) groups is 1. The molecular formula is C40H81NO7Si2. The molecule has 0 radical (unpaired) electrons. The Morgan fingerprint density at radius 1 is 0.780 bits per heavy atom. The van der Waals surface area contributed by atoms with E-state index in [2.05, 4.69) is 90.0 Å². The number of amides is 1. The largest absolute Gasteiger partial charge is 0.418 e. The molecule has 1 heterocycles. The number of rotatable bonds is 22. The third-order valence-electron chi connectivity index (χ3n) is 11.5. The maximum atomic E-state index is 13.1. The van der Waals surface area contributed by atoms with Gasteiger partial charge < -0.3 is 33.1 Å². The average molecular weight is 744 g/mol. The highest BCUT2D eigenvalue weighted by molar-refractivity contribution is 6.78. The van der Waals surface area contributed by atoms with Crippen LogP contribution in [0.5, 0.6) is 0 Å². The smallest absolute Gasteiger partial charge is 0.415 e. The molecule has 1 N–H and O–H groups in total. The summed E-state index contributed by atoms with van der Waals surface area (Å²) in [7, 11) is -4.56. The zero-order chi connectivity index (χ0) is 38.6. The molecule has 1 rings (SSSR count). The van der Waals surface area contributed by atoms with Crippen LogP contribution < -0.4 is 0 Å². The van der Waals surface area contributed by atoms with Crippen LogP contribution in [0.25, 0.3) is 0 Å². The molecule has 1 amide bonds. The Morgan fingerprint density at radius 2 is 1.28 bits per heavy atom. The molecular weight excluding hydrogens is 663 g/mol. The van der Waals surface area contributed by atoms with E-state index in [9.17, 15) is 9.90 Å². The molecule has 1 aliphatic rings. The van der Waals surface area contributed by atoms with Gasteiger partial charge in [-0.25, -0.2) is 4.79 Å². The second-order valence-electron chi connectivity index (χ2n) is 17.4. The lowest BCUT2D eigenvalue weighted by molar-refractivity contribution is -0.165. The zero-order valence-electron chi connectivity index (χ0n) is 35.5. The average Bonchev–Trinajstić information content (AvgIpc) is 3.00. The maximum absolute atomic E-state index is 13.1. The number of carbonyl (C=O) groups excluding carboxylic acids is 1. The molecule has 5 atom stereocenters. The van der Waals surface area contributed by atoms with E-state index < -0.39 is 28.8 Å². The summed E-state index contributed by atoms with van der Waals surface area (Å²) in [6, 6.07) is 0.00852. The van der Waals surface area contributed by atoms with Crippen molar-refractivity contribution in [2.75, 3.05) is 19.8 Å². The molecule has 0 aliphatic carbocycles. The van der Waals surface area contributed by atoms with Crippen LogP contribution in [-0.2, 0) is 23.1 Å². The van der Waals surface area contributed by atoms with Crippen LogP contribution in [0.3, 0.4) is 0 Å². The zero-order valence-corrected chi connectivity index (χ0v) is 37.5. The van der Waals surface area contributed by atoms with Gasteiger partial charge in [-0.3, -0.25) is 0 Å². The van der Waals surface area contributed by atoms with Crippen molar-refractivity contribution in [3.05, 3.63) is 12.3 Å². The molecule has 1 unspecified atom stereocenters. The highest BCUT2D eigenvalue weighted by Gasteiger charge is 2.50. The third-order valence-corrected chi connectivity index (χ3v) is 23.7. The van der Waals surface area contributed by atoms with Crippen molar-refractivity contribution < 1.29 is 33.0 Å². The molecule has 1 aliphatic heterocycles. The highest BCUT2D eigenvalue weighted by atomic mass is 28.4. The van der Waals surface area contributed by atoms with Crippen molar-refractivity contribution in [3.8, 4) is 0 Å². The molecule has 0 saturated carbocycles. The standard InChI is InChI=1S/C40H81NO7Si2/c1-27(2)41(28(3)4)40(43)46-25-22-36(21-24-45-38-20-18-19-23-44-38)39(42)35(17)37(48-50(32(11)12,33(13)14)34(15)16)26-47-49(29(5)6,30(7)8)31(9)10/h22,25,27-39,42H,18-21,23-24,26H2,1-17H3/b25-22-/t35-,36+,37+,38?,39-/m0/s1. The van der Waals surface area contributed by atoms with Crippen LogP contribution in [0.1, 0.15) is 143 Å². The van der Waals surface area contributed by atoms with E-state index >= 15 is 0 Å². The van der Waals surface area contributed by atoms with Crippen molar-refractivity contribution in [1.82, 2.24) is 4.90 Å². The van der Waals surface area contributed by atoms with Gasteiger partial charge in [0.1, 0.15) is 0 Å². The van der Waals surface area contributed by atoms with E-state index in [1.807, 2.05) is 33.8 Å². The van der Waals surface area contributed by atoms with Gasteiger partial charge in [0.05, 0.1) is 31.7 Å². The number of ether oxygens (including phenoxy) is 3. The molecule has 0 bridgehead atoms. The van der Waals surface area contributed by atoms with Gasteiger partial charge in [-0.1, -0.05) is 90.0 Å². The molecule has 8 nitrogen and oxygen atoms in total. The van der Waals surface area contributed by atoms with Crippen LogP contribution in [0.2, 0.25) is 33.2 Å². The first kappa shape index (κ1) is 47.3. The van der Waals surface area contributed by atoms with E-state index in [1.165, 1.54) is 6.26 Å². The van der Waals surface area contributed by atoms with E-state index in [0.29, 0.717) is 59.5 Å². The Kier molecular flexibility index (Phi) is 20.6. The summed E-state index contributed by atoms with van der Waals surface area (Å²) < 4.78 is 32.4.